The molecule has 0 aliphatic carbocycles. The van der Waals surface area contributed by atoms with Crippen LogP contribution in [0.3, 0.4) is 0 Å². The Morgan fingerprint density at radius 1 is 1.19 bits per heavy atom. The van der Waals surface area contributed by atoms with Crippen molar-refractivity contribution >= 4 is 23.2 Å². The largest absolute Gasteiger partial charge is 0.378 e. The van der Waals surface area contributed by atoms with Crippen molar-refractivity contribution in [2.24, 2.45) is 5.41 Å². The number of morpholine rings is 1. The van der Waals surface area contributed by atoms with Crippen LogP contribution in [0.15, 0.2) is 24.4 Å². The lowest BCUT2D eigenvalue weighted by atomic mass is 9.92. The number of nitrogens with zero attached hydrogens (tertiary/aromatic N) is 4. The van der Waals surface area contributed by atoms with E-state index in [9.17, 15) is 4.79 Å². The van der Waals surface area contributed by atoms with E-state index in [1.807, 2.05) is 13.1 Å². The molecule has 0 radical (unpaired) electrons. The van der Waals surface area contributed by atoms with Crippen LogP contribution in [0, 0.1) is 12.3 Å². The van der Waals surface area contributed by atoms with E-state index in [0.717, 1.165) is 69.3 Å². The number of rotatable bonds is 5. The van der Waals surface area contributed by atoms with Crippen LogP contribution < -0.4 is 15.1 Å². The molecule has 4 rings (SSSR count). The highest BCUT2D eigenvalue weighted by molar-refractivity contribution is 5.91. The summed E-state index contributed by atoms with van der Waals surface area (Å²) < 4.78 is 5.43. The van der Waals surface area contributed by atoms with Crippen LogP contribution in [0.5, 0.6) is 0 Å². The molecule has 32 heavy (non-hydrogen) atoms. The van der Waals surface area contributed by atoms with Crippen molar-refractivity contribution in [3.05, 3.63) is 41.2 Å². The summed E-state index contributed by atoms with van der Waals surface area (Å²) in [5, 5.41) is 3.03. The Morgan fingerprint density at radius 3 is 2.66 bits per heavy atom. The highest BCUT2D eigenvalue weighted by Crippen LogP contribution is 2.31. The minimum absolute atomic E-state index is 0.0205. The average molecular weight is 438 g/mol. The molecule has 1 N–H and O–H groups in total. The first-order valence-corrected chi connectivity index (χ1v) is 11.6. The van der Waals surface area contributed by atoms with Gasteiger partial charge in [0.1, 0.15) is 11.6 Å². The van der Waals surface area contributed by atoms with Crippen LogP contribution in [-0.2, 0) is 22.5 Å². The Balaban J connectivity index is 1.46. The second-order valence-electron chi connectivity index (χ2n) is 10.1. The lowest BCUT2D eigenvalue weighted by Gasteiger charge is -2.32. The van der Waals surface area contributed by atoms with Gasteiger partial charge in [-0.15, -0.1) is 0 Å². The second kappa shape index (κ2) is 9.45. The first-order chi connectivity index (χ1) is 15.3. The standard InChI is InChI=1S/C25H35N5O2/c1-18-14-21-20(27-24(18)28-23(31)15-25(2,3)4)6-5-9-30(21)17-19-7-8-22(26-16-19)29-10-12-32-13-11-29/h7-8,14,16H,5-6,9-13,15,17H2,1-4H3,(H,27,28,31). The molecule has 0 atom stereocenters. The van der Waals surface area contributed by atoms with Gasteiger partial charge < -0.3 is 19.9 Å². The van der Waals surface area contributed by atoms with Crippen LogP contribution in [0.25, 0.3) is 0 Å². The third-order valence-corrected chi connectivity index (χ3v) is 5.92. The molecule has 1 saturated heterocycles. The smallest absolute Gasteiger partial charge is 0.226 e. The fraction of sp³-hybridized carbons (Fsp3) is 0.560. The monoisotopic (exact) mass is 437 g/mol. The van der Waals surface area contributed by atoms with E-state index in [2.05, 4.69) is 54.1 Å². The average Bonchev–Trinajstić information content (AvgIpc) is 2.75. The van der Waals surface area contributed by atoms with Crippen LogP contribution in [0.4, 0.5) is 17.3 Å². The number of fused-ring (bicyclic) bond motifs is 1. The Bertz CT molecular complexity index is 946. The van der Waals surface area contributed by atoms with Gasteiger partial charge in [0, 0.05) is 38.8 Å². The van der Waals surface area contributed by atoms with Gasteiger partial charge in [-0.2, -0.15) is 0 Å². The number of hydrogen-bond donors (Lipinski definition) is 1. The number of carbonyl (C=O) groups excluding carboxylic acids is 1. The number of aromatic nitrogens is 2. The normalized spacial score (nSPS) is 16.6. The van der Waals surface area contributed by atoms with Gasteiger partial charge >= 0.3 is 0 Å². The Morgan fingerprint density at radius 2 is 1.97 bits per heavy atom. The van der Waals surface area contributed by atoms with Crippen molar-refractivity contribution in [3.8, 4) is 0 Å². The maximum atomic E-state index is 12.4. The zero-order valence-electron chi connectivity index (χ0n) is 19.8. The summed E-state index contributed by atoms with van der Waals surface area (Å²) in [6, 6.07) is 6.46. The molecule has 0 unspecified atom stereocenters. The lowest BCUT2D eigenvalue weighted by molar-refractivity contribution is -0.117. The van der Waals surface area contributed by atoms with Crippen molar-refractivity contribution in [1.29, 1.82) is 0 Å². The van der Waals surface area contributed by atoms with Gasteiger partial charge in [-0.1, -0.05) is 26.8 Å². The molecule has 7 heteroatoms. The van der Waals surface area contributed by atoms with E-state index in [4.69, 9.17) is 14.7 Å². The molecule has 2 aliphatic heterocycles. The van der Waals surface area contributed by atoms with Crippen LogP contribution in [-0.4, -0.2) is 48.7 Å². The topological polar surface area (TPSA) is 70.6 Å². The van der Waals surface area contributed by atoms with Gasteiger partial charge in [-0.3, -0.25) is 4.79 Å². The van der Waals surface area contributed by atoms with Crippen molar-refractivity contribution in [2.45, 2.75) is 53.5 Å². The van der Waals surface area contributed by atoms with E-state index in [0.29, 0.717) is 12.2 Å². The summed E-state index contributed by atoms with van der Waals surface area (Å²) in [4.78, 5) is 26.6. The quantitative estimate of drug-likeness (QED) is 0.764. The van der Waals surface area contributed by atoms with E-state index in [1.54, 1.807) is 0 Å². The van der Waals surface area contributed by atoms with Gasteiger partial charge in [0.05, 0.1) is 24.6 Å². The molecule has 0 saturated carbocycles. The first kappa shape index (κ1) is 22.5. The maximum Gasteiger partial charge on any atom is 0.226 e. The molecular formula is C25H35N5O2. The maximum absolute atomic E-state index is 12.4. The molecule has 1 fully saturated rings. The molecule has 0 spiro atoms. The number of anilines is 3. The van der Waals surface area contributed by atoms with E-state index in [-0.39, 0.29) is 11.3 Å². The Hall–Kier alpha value is -2.67. The molecule has 2 aromatic rings. The number of amides is 1. The molecule has 0 aromatic carbocycles. The minimum Gasteiger partial charge on any atom is -0.378 e. The number of ether oxygens (including phenoxy) is 1. The molecule has 7 nitrogen and oxygen atoms in total. The zero-order valence-corrected chi connectivity index (χ0v) is 19.8. The number of hydrogen-bond acceptors (Lipinski definition) is 6. The summed E-state index contributed by atoms with van der Waals surface area (Å²) in [6.07, 6.45) is 4.45. The van der Waals surface area contributed by atoms with E-state index in [1.165, 1.54) is 11.3 Å². The Kier molecular flexibility index (Phi) is 6.65. The van der Waals surface area contributed by atoms with Crippen LogP contribution in [0.2, 0.25) is 0 Å². The fourth-order valence-corrected chi connectivity index (χ4v) is 4.31. The molecule has 4 heterocycles. The third kappa shape index (κ3) is 5.57. The van der Waals surface area contributed by atoms with Gasteiger partial charge in [0.25, 0.3) is 0 Å². The van der Waals surface area contributed by atoms with Crippen molar-refractivity contribution in [2.75, 3.05) is 48.0 Å². The van der Waals surface area contributed by atoms with Crippen molar-refractivity contribution in [1.82, 2.24) is 9.97 Å². The minimum atomic E-state index is -0.0473. The van der Waals surface area contributed by atoms with Gasteiger partial charge in [-0.25, -0.2) is 9.97 Å². The summed E-state index contributed by atoms with van der Waals surface area (Å²) >= 11 is 0. The Labute approximate surface area is 191 Å². The second-order valence-corrected chi connectivity index (χ2v) is 10.1. The van der Waals surface area contributed by atoms with Gasteiger partial charge in [0.2, 0.25) is 5.91 Å². The van der Waals surface area contributed by atoms with Crippen molar-refractivity contribution in [3.63, 3.8) is 0 Å². The predicted octanol–water partition coefficient (Wildman–Crippen LogP) is 3.95. The van der Waals surface area contributed by atoms with Gasteiger partial charge in [0.15, 0.2) is 0 Å². The molecule has 2 aliphatic rings. The number of pyridine rings is 2. The van der Waals surface area contributed by atoms with Gasteiger partial charge in [-0.05, 0) is 48.4 Å². The summed E-state index contributed by atoms with van der Waals surface area (Å²) in [5.74, 6) is 1.73. The number of aryl methyl sites for hydroxylation is 2. The summed E-state index contributed by atoms with van der Waals surface area (Å²) in [5.41, 5.74) is 4.37. The SMILES string of the molecule is Cc1cc2c(nc1NC(=O)CC(C)(C)C)CCCN2Cc1ccc(N2CCOCC2)nc1. The zero-order chi connectivity index (χ0) is 22.7. The highest BCUT2D eigenvalue weighted by Gasteiger charge is 2.22. The highest BCUT2D eigenvalue weighted by atomic mass is 16.5. The number of nitrogens with one attached hydrogen (secondary N) is 1. The van der Waals surface area contributed by atoms with Crippen molar-refractivity contribution < 1.29 is 9.53 Å². The lowest BCUT2D eigenvalue weighted by Crippen LogP contribution is -2.36. The molecule has 0 bridgehead atoms. The fourth-order valence-electron chi connectivity index (χ4n) is 4.31. The van der Waals surface area contributed by atoms with Crippen LogP contribution in [0.1, 0.15) is 50.4 Å². The van der Waals surface area contributed by atoms with E-state index < -0.39 is 0 Å². The third-order valence-electron chi connectivity index (χ3n) is 5.92. The molecule has 172 valence electrons. The van der Waals surface area contributed by atoms with Crippen LogP contribution >= 0.6 is 0 Å². The van der Waals surface area contributed by atoms with E-state index >= 15 is 0 Å². The predicted molar refractivity (Wildman–Crippen MR) is 128 cm³/mol. The molecule has 1 amide bonds. The summed E-state index contributed by atoms with van der Waals surface area (Å²) in [7, 11) is 0. The molecular weight excluding hydrogens is 402 g/mol. The first-order valence-electron chi connectivity index (χ1n) is 11.6. The number of carbonyl (C=O) groups is 1. The molecule has 2 aromatic heterocycles. The summed E-state index contributed by atoms with van der Waals surface area (Å²) in [6.45, 7) is 13.3.